The number of aliphatic hydroxyl groups excluding tert-OH is 11. The largest absolute Gasteiger partial charge is 0.507 e. The molecular weight excluding hydrogens is 764 g/mol. The molecule has 310 valence electrons. The van der Waals surface area contributed by atoms with E-state index in [0.717, 1.165) is 18.2 Å². The molecule has 3 aliphatic heterocycles. The molecule has 4 heterocycles. The first-order valence-electron chi connectivity index (χ1n) is 16.8. The lowest BCUT2D eigenvalue weighted by Crippen LogP contribution is -2.65. The smallest absolute Gasteiger partial charge is 0.239 e. The molecule has 3 aliphatic rings. The van der Waals surface area contributed by atoms with Crippen LogP contribution >= 0.6 is 0 Å². The van der Waals surface area contributed by atoms with Gasteiger partial charge in [-0.15, -0.1) is 0 Å². The number of fused-ring (bicyclic) bond motifs is 1. The maximum absolute atomic E-state index is 14.4. The molecule has 6 rings (SSSR count). The van der Waals surface area contributed by atoms with Crippen LogP contribution in [-0.2, 0) is 18.9 Å². The van der Waals surface area contributed by atoms with E-state index >= 15 is 0 Å². The second-order valence-corrected chi connectivity index (χ2v) is 13.2. The molecule has 15 N–H and O–H groups in total. The van der Waals surface area contributed by atoms with Crippen LogP contribution in [0.3, 0.4) is 0 Å². The van der Waals surface area contributed by atoms with E-state index in [0.29, 0.717) is 6.07 Å². The van der Waals surface area contributed by atoms with E-state index in [1.807, 2.05) is 0 Å². The van der Waals surface area contributed by atoms with E-state index in [-0.39, 0.29) is 5.56 Å². The summed E-state index contributed by atoms with van der Waals surface area (Å²) < 4.78 is 39.4. The van der Waals surface area contributed by atoms with Crippen molar-refractivity contribution in [2.45, 2.75) is 92.1 Å². The second kappa shape index (κ2) is 16.4. The minimum atomic E-state index is -2.12. The topological polar surface area (TPSA) is 389 Å². The predicted octanol–water partition coefficient (Wildman–Crippen LogP) is -5.54. The molecule has 0 bridgehead atoms. The first kappa shape index (κ1) is 41.5. The van der Waals surface area contributed by atoms with Gasteiger partial charge in [0.05, 0.1) is 19.8 Å². The Kier molecular flexibility index (Phi) is 12.1. The molecule has 3 saturated heterocycles. The SMILES string of the molecule is O=c1c(O[C@@H]2O[C@H](CO)[C@@H](O)[C@H](O)[C@@H]2O[C@@H]2O[C@H](CO)[C@@H](O)[C@H](O)[C@H]2O)c(-c2ccc(O)c(O)c2)oc2c(O[C@@H]3O[C@@H](CO)[C@@H](O)[C@H](O)[C@H]3O)c(O)cc(O)c12. The molecule has 3 fully saturated rings. The zero-order valence-corrected chi connectivity index (χ0v) is 28.6. The summed E-state index contributed by atoms with van der Waals surface area (Å²) in [7, 11) is 0. The second-order valence-electron chi connectivity index (χ2n) is 13.2. The zero-order chi connectivity index (χ0) is 40.9. The molecule has 0 spiro atoms. The fourth-order valence-electron chi connectivity index (χ4n) is 6.40. The first-order chi connectivity index (χ1) is 26.5. The Bertz CT molecular complexity index is 1920. The van der Waals surface area contributed by atoms with Gasteiger partial charge >= 0.3 is 0 Å². The highest BCUT2D eigenvalue weighted by molar-refractivity contribution is 5.93. The van der Waals surface area contributed by atoms with Crippen LogP contribution in [0, 0.1) is 0 Å². The molecule has 15 atom stereocenters. The number of hydrogen-bond donors (Lipinski definition) is 15. The number of phenolic OH excluding ortho intramolecular Hbond substituents is 4. The fourth-order valence-corrected chi connectivity index (χ4v) is 6.40. The van der Waals surface area contributed by atoms with Crippen molar-refractivity contribution in [1.82, 2.24) is 0 Å². The number of benzene rings is 2. The standard InChI is InChI=1S/C33H40O23/c34-5-13-17(41)21(45)24(48)31(50-13)54-27-12(40)4-11(39)16-20(44)29(26(53-28(16)27)8-1-2-9(37)10(38)3-8)55-33-30(23(47)19(43)15(7-36)52-33)56-32-25(49)22(46)18(42)14(6-35)51-32/h1-4,13-15,17-19,21-25,30-43,45-49H,5-7H2/t13-,14+,15+,17+,18+,19+,21-,22-,23-,24+,25+,30-,31-,32-,33-/m0/s1. The predicted molar refractivity (Wildman–Crippen MR) is 176 cm³/mol. The highest BCUT2D eigenvalue weighted by Gasteiger charge is 2.52. The van der Waals surface area contributed by atoms with Gasteiger partial charge in [-0.05, 0) is 18.2 Å². The molecule has 0 unspecified atom stereocenters. The van der Waals surface area contributed by atoms with Gasteiger partial charge in [0.15, 0.2) is 41.0 Å². The number of aliphatic hydroxyl groups is 11. The van der Waals surface area contributed by atoms with Crippen LogP contribution in [0.5, 0.6) is 34.5 Å². The monoisotopic (exact) mass is 804 g/mol. The molecular formula is C33H40O23. The third kappa shape index (κ3) is 7.39. The Labute approximate surface area is 312 Å². The average Bonchev–Trinajstić information content (AvgIpc) is 3.17. The third-order valence-corrected chi connectivity index (χ3v) is 9.56. The third-order valence-electron chi connectivity index (χ3n) is 9.56. The van der Waals surface area contributed by atoms with Crippen LogP contribution in [0.25, 0.3) is 22.3 Å². The van der Waals surface area contributed by atoms with Gasteiger partial charge in [-0.2, -0.15) is 0 Å². The van der Waals surface area contributed by atoms with Gasteiger partial charge in [-0.1, -0.05) is 0 Å². The van der Waals surface area contributed by atoms with E-state index in [2.05, 4.69) is 0 Å². The first-order valence-corrected chi connectivity index (χ1v) is 16.8. The van der Waals surface area contributed by atoms with Crippen molar-refractivity contribution in [3.8, 4) is 45.8 Å². The van der Waals surface area contributed by atoms with E-state index in [4.69, 9.17) is 32.8 Å². The van der Waals surface area contributed by atoms with Gasteiger partial charge in [0.1, 0.15) is 78.3 Å². The number of aromatic hydroxyl groups is 4. The van der Waals surface area contributed by atoms with Gasteiger partial charge in [-0.25, -0.2) is 0 Å². The van der Waals surface area contributed by atoms with E-state index in [9.17, 15) is 81.4 Å². The molecule has 1 aromatic heterocycles. The highest BCUT2D eigenvalue weighted by Crippen LogP contribution is 2.45. The van der Waals surface area contributed by atoms with Crippen LogP contribution in [-0.4, -0.2) is 189 Å². The molecule has 0 saturated carbocycles. The van der Waals surface area contributed by atoms with E-state index < -0.39 is 169 Å². The van der Waals surface area contributed by atoms with Crippen LogP contribution in [0.2, 0.25) is 0 Å². The molecule has 0 amide bonds. The molecule has 0 aliphatic carbocycles. The van der Waals surface area contributed by atoms with Crippen molar-refractivity contribution in [2.24, 2.45) is 0 Å². The quantitative estimate of drug-likeness (QED) is 0.0850. The summed E-state index contributed by atoms with van der Waals surface area (Å²) >= 11 is 0. The molecule has 23 heteroatoms. The van der Waals surface area contributed by atoms with Crippen LogP contribution in [0.1, 0.15) is 0 Å². The summed E-state index contributed by atoms with van der Waals surface area (Å²) in [5.74, 6) is -5.84. The Morgan fingerprint density at radius 1 is 0.536 bits per heavy atom. The average molecular weight is 805 g/mol. The highest BCUT2D eigenvalue weighted by atomic mass is 16.8. The van der Waals surface area contributed by atoms with Crippen molar-refractivity contribution < 1.29 is 109 Å². The Hall–Kier alpha value is -4.15. The van der Waals surface area contributed by atoms with Gasteiger partial charge in [0.2, 0.25) is 29.5 Å². The lowest BCUT2D eigenvalue weighted by molar-refractivity contribution is -0.358. The normalized spacial score (nSPS) is 36.4. The maximum Gasteiger partial charge on any atom is 0.239 e. The lowest BCUT2D eigenvalue weighted by atomic mass is 9.97. The molecule has 3 aromatic rings. The summed E-state index contributed by atoms with van der Waals surface area (Å²) in [5.41, 5.74) is -2.42. The summed E-state index contributed by atoms with van der Waals surface area (Å²) in [5, 5.41) is 154. The van der Waals surface area contributed by atoms with Crippen molar-refractivity contribution in [3.05, 3.63) is 34.5 Å². The minimum Gasteiger partial charge on any atom is -0.507 e. The molecule has 23 nitrogen and oxygen atoms in total. The van der Waals surface area contributed by atoms with Gasteiger partial charge in [0, 0.05) is 11.6 Å². The van der Waals surface area contributed by atoms with Crippen LogP contribution < -0.4 is 14.9 Å². The van der Waals surface area contributed by atoms with Gasteiger partial charge < -0.3 is 109 Å². The van der Waals surface area contributed by atoms with Crippen molar-refractivity contribution in [1.29, 1.82) is 0 Å². The molecule has 0 radical (unpaired) electrons. The Morgan fingerprint density at radius 3 is 1.62 bits per heavy atom. The van der Waals surface area contributed by atoms with Crippen molar-refractivity contribution >= 4 is 11.0 Å². The lowest BCUT2D eigenvalue weighted by Gasteiger charge is -2.45. The van der Waals surface area contributed by atoms with Gasteiger partial charge in [0.25, 0.3) is 0 Å². The summed E-state index contributed by atoms with van der Waals surface area (Å²) in [6.45, 7) is -2.72. The van der Waals surface area contributed by atoms with E-state index in [1.54, 1.807) is 0 Å². The van der Waals surface area contributed by atoms with Crippen molar-refractivity contribution in [3.63, 3.8) is 0 Å². The number of ether oxygens (including phenoxy) is 6. The molecule has 2 aromatic carbocycles. The summed E-state index contributed by atoms with van der Waals surface area (Å²) in [4.78, 5) is 14.4. The van der Waals surface area contributed by atoms with Crippen LogP contribution in [0.15, 0.2) is 33.5 Å². The number of hydrogen-bond acceptors (Lipinski definition) is 23. The van der Waals surface area contributed by atoms with Crippen LogP contribution in [0.4, 0.5) is 0 Å². The van der Waals surface area contributed by atoms with Gasteiger partial charge in [-0.3, -0.25) is 4.79 Å². The van der Waals surface area contributed by atoms with E-state index in [1.165, 1.54) is 0 Å². The Morgan fingerprint density at radius 2 is 1.05 bits per heavy atom. The summed E-state index contributed by atoms with van der Waals surface area (Å²) in [6.07, 6.45) is -28.4. The summed E-state index contributed by atoms with van der Waals surface area (Å²) in [6, 6.07) is 3.50. The van der Waals surface area contributed by atoms with Crippen molar-refractivity contribution in [2.75, 3.05) is 19.8 Å². The minimum absolute atomic E-state index is 0.280. The number of phenols is 4. The number of rotatable bonds is 10. The Balaban J connectivity index is 1.49. The zero-order valence-electron chi connectivity index (χ0n) is 28.6. The molecule has 56 heavy (non-hydrogen) atoms. The maximum atomic E-state index is 14.4. The fraction of sp³-hybridized carbons (Fsp3) is 0.545.